The molecule has 1 N–H and O–H groups in total. The summed E-state index contributed by atoms with van der Waals surface area (Å²) in [7, 11) is -4.88. The fourth-order valence-corrected chi connectivity index (χ4v) is 1.66. The van der Waals surface area contributed by atoms with Crippen LogP contribution < -0.4 is 0 Å². The minimum absolute atomic E-state index is 0.0120. The van der Waals surface area contributed by atoms with E-state index in [0.29, 0.717) is 0 Å². The zero-order valence-electron chi connectivity index (χ0n) is 10.7. The lowest BCUT2D eigenvalue weighted by atomic mass is 10.2. The number of carbonyl (C=O) groups excluding carboxylic acids is 2. The molecular weight excluding hydrogens is 300 g/mol. The number of esters is 2. The molecule has 0 saturated carbocycles. The molecule has 0 aromatic heterocycles. The van der Waals surface area contributed by atoms with Crippen molar-refractivity contribution in [2.45, 2.75) is 32.5 Å². The van der Waals surface area contributed by atoms with E-state index in [1.165, 1.54) is 13.8 Å². The van der Waals surface area contributed by atoms with Gasteiger partial charge in [-0.3, -0.25) is 4.55 Å². The Bertz CT molecular complexity index is 431. The zero-order valence-corrected chi connectivity index (χ0v) is 11.5. The van der Waals surface area contributed by atoms with Crippen molar-refractivity contribution in [1.82, 2.24) is 0 Å². The topological polar surface area (TPSA) is 135 Å². The van der Waals surface area contributed by atoms with Crippen molar-refractivity contribution in [3.63, 3.8) is 0 Å². The molecule has 0 spiro atoms. The average Bonchev–Trinajstić information content (AvgIpc) is 2.71. The van der Waals surface area contributed by atoms with E-state index in [1.807, 2.05) is 0 Å². The van der Waals surface area contributed by atoms with Gasteiger partial charge in [0.05, 0.1) is 13.2 Å². The molecular formula is C9H14O10S. The van der Waals surface area contributed by atoms with Crippen LogP contribution in [0.25, 0.3) is 0 Å². The summed E-state index contributed by atoms with van der Waals surface area (Å²) < 4.78 is 52.4. The first-order valence-corrected chi connectivity index (χ1v) is 6.94. The summed E-state index contributed by atoms with van der Waals surface area (Å²) in [6.07, 6.45) is -3.11. The summed E-state index contributed by atoms with van der Waals surface area (Å²) in [5.74, 6) is -1.90. The molecule has 1 heterocycles. The lowest BCUT2D eigenvalue weighted by molar-refractivity contribution is -0.201. The summed E-state index contributed by atoms with van der Waals surface area (Å²) in [6.45, 7) is 1.13. The minimum atomic E-state index is -4.88. The maximum atomic E-state index is 11.6. The molecule has 116 valence electrons. The molecule has 10 nitrogen and oxygen atoms in total. The minimum Gasteiger partial charge on any atom is -0.464 e. The van der Waals surface area contributed by atoms with Gasteiger partial charge < -0.3 is 18.9 Å². The molecule has 0 radical (unpaired) electrons. The molecule has 1 fully saturated rings. The van der Waals surface area contributed by atoms with Crippen molar-refractivity contribution in [2.75, 3.05) is 13.2 Å². The van der Waals surface area contributed by atoms with Gasteiger partial charge in [-0.15, -0.1) is 0 Å². The molecule has 0 aromatic carbocycles. The lowest BCUT2D eigenvalue weighted by Crippen LogP contribution is -2.39. The lowest BCUT2D eigenvalue weighted by Gasteiger charge is -2.13. The maximum absolute atomic E-state index is 11.6. The van der Waals surface area contributed by atoms with Gasteiger partial charge in [0.2, 0.25) is 0 Å². The quantitative estimate of drug-likeness (QED) is 0.480. The SMILES string of the molecule is CCOC(=O)C1OC(OS(=O)(=O)O)OC1C(=O)OCC. The van der Waals surface area contributed by atoms with Gasteiger partial charge in [0.25, 0.3) is 6.48 Å². The first-order valence-electron chi connectivity index (χ1n) is 5.58. The maximum Gasteiger partial charge on any atom is 0.401 e. The summed E-state index contributed by atoms with van der Waals surface area (Å²) >= 11 is 0. The van der Waals surface area contributed by atoms with E-state index in [4.69, 9.17) is 14.0 Å². The molecule has 20 heavy (non-hydrogen) atoms. The third-order valence-corrected chi connectivity index (χ3v) is 2.43. The van der Waals surface area contributed by atoms with Gasteiger partial charge in [-0.25, -0.2) is 9.59 Å². The highest BCUT2D eigenvalue weighted by atomic mass is 32.3. The summed E-state index contributed by atoms with van der Waals surface area (Å²) in [5.41, 5.74) is 0. The average molecular weight is 314 g/mol. The monoisotopic (exact) mass is 314 g/mol. The highest BCUT2D eigenvalue weighted by Crippen LogP contribution is 2.23. The van der Waals surface area contributed by atoms with Crippen LogP contribution in [-0.4, -0.2) is 56.8 Å². The largest absolute Gasteiger partial charge is 0.464 e. The summed E-state index contributed by atoms with van der Waals surface area (Å²) in [5, 5.41) is 0. The van der Waals surface area contributed by atoms with Crippen molar-refractivity contribution in [2.24, 2.45) is 0 Å². The summed E-state index contributed by atoms with van der Waals surface area (Å²) in [6, 6.07) is 0. The van der Waals surface area contributed by atoms with Gasteiger partial charge in [-0.05, 0) is 13.8 Å². The third kappa shape index (κ3) is 4.68. The number of hydrogen-bond donors (Lipinski definition) is 1. The van der Waals surface area contributed by atoms with Crippen LogP contribution in [0, 0.1) is 0 Å². The first kappa shape index (κ1) is 16.8. The number of rotatable bonds is 6. The third-order valence-electron chi connectivity index (χ3n) is 2.03. The van der Waals surface area contributed by atoms with Crippen LogP contribution >= 0.6 is 0 Å². The predicted octanol–water partition coefficient (Wildman–Crippen LogP) is -1.00. The Labute approximate surface area is 114 Å². The van der Waals surface area contributed by atoms with Gasteiger partial charge >= 0.3 is 22.3 Å². The number of ether oxygens (including phenoxy) is 4. The van der Waals surface area contributed by atoms with Crippen molar-refractivity contribution >= 4 is 22.3 Å². The molecule has 0 aliphatic carbocycles. The fourth-order valence-electron chi connectivity index (χ4n) is 1.37. The van der Waals surface area contributed by atoms with Crippen molar-refractivity contribution < 1.29 is 45.7 Å². The Morgan fingerprint density at radius 2 is 1.45 bits per heavy atom. The van der Waals surface area contributed by atoms with E-state index in [1.54, 1.807) is 0 Å². The van der Waals surface area contributed by atoms with Crippen molar-refractivity contribution in [1.29, 1.82) is 0 Å². The van der Waals surface area contributed by atoms with Crippen LogP contribution in [0.5, 0.6) is 0 Å². The molecule has 1 rings (SSSR count). The first-order chi connectivity index (χ1) is 9.28. The Morgan fingerprint density at radius 3 is 1.75 bits per heavy atom. The van der Waals surface area contributed by atoms with Crippen LogP contribution in [0.3, 0.4) is 0 Å². The zero-order chi connectivity index (χ0) is 15.3. The smallest absolute Gasteiger partial charge is 0.401 e. The molecule has 11 heteroatoms. The van der Waals surface area contributed by atoms with Gasteiger partial charge in [-0.2, -0.15) is 12.6 Å². The Hall–Kier alpha value is -1.27. The molecule has 0 aromatic rings. The van der Waals surface area contributed by atoms with Gasteiger partial charge in [0.15, 0.2) is 12.2 Å². The second kappa shape index (κ2) is 6.95. The van der Waals surface area contributed by atoms with Crippen LogP contribution in [0.4, 0.5) is 0 Å². The molecule has 0 bridgehead atoms. The Morgan fingerprint density at radius 1 is 1.05 bits per heavy atom. The van der Waals surface area contributed by atoms with Crippen molar-refractivity contribution in [3.8, 4) is 0 Å². The molecule has 1 aliphatic heterocycles. The molecule has 1 saturated heterocycles. The fraction of sp³-hybridized carbons (Fsp3) is 0.778. The molecule has 1 aliphatic rings. The van der Waals surface area contributed by atoms with E-state index < -0.39 is 41.0 Å². The normalized spacial score (nSPS) is 26.2. The number of carbonyl (C=O) groups is 2. The van der Waals surface area contributed by atoms with Gasteiger partial charge in [-0.1, -0.05) is 0 Å². The van der Waals surface area contributed by atoms with Crippen LogP contribution in [-0.2, 0) is 43.1 Å². The summed E-state index contributed by atoms with van der Waals surface area (Å²) in [4.78, 5) is 23.1. The van der Waals surface area contributed by atoms with E-state index in [-0.39, 0.29) is 13.2 Å². The van der Waals surface area contributed by atoms with Gasteiger partial charge in [0.1, 0.15) is 0 Å². The van der Waals surface area contributed by atoms with E-state index >= 15 is 0 Å². The van der Waals surface area contributed by atoms with Gasteiger partial charge in [0, 0.05) is 0 Å². The van der Waals surface area contributed by atoms with E-state index in [2.05, 4.69) is 13.7 Å². The second-order valence-electron chi connectivity index (χ2n) is 3.43. The predicted molar refractivity (Wildman–Crippen MR) is 59.4 cm³/mol. The highest BCUT2D eigenvalue weighted by Gasteiger charge is 2.48. The van der Waals surface area contributed by atoms with Crippen molar-refractivity contribution in [3.05, 3.63) is 0 Å². The van der Waals surface area contributed by atoms with Crippen LogP contribution in [0.1, 0.15) is 13.8 Å². The highest BCUT2D eigenvalue weighted by molar-refractivity contribution is 7.80. The van der Waals surface area contributed by atoms with E-state index in [9.17, 15) is 18.0 Å². The second-order valence-corrected chi connectivity index (χ2v) is 4.48. The molecule has 2 atom stereocenters. The standard InChI is InChI=1S/C9H14O10S/c1-3-15-7(10)5-6(8(11)16-4-2)18-9(17-5)19-20(12,13)14/h5-6,9H,3-4H2,1-2H3,(H,12,13,14). The number of hydrogen-bond acceptors (Lipinski definition) is 9. The molecule has 0 amide bonds. The van der Waals surface area contributed by atoms with Crippen LogP contribution in [0.15, 0.2) is 0 Å². The van der Waals surface area contributed by atoms with E-state index in [0.717, 1.165) is 0 Å². The molecule has 2 unspecified atom stereocenters. The Kier molecular flexibility index (Phi) is 5.83. The van der Waals surface area contributed by atoms with Crippen LogP contribution in [0.2, 0.25) is 0 Å². The Balaban J connectivity index is 2.82.